The van der Waals surface area contributed by atoms with Crippen molar-refractivity contribution in [2.24, 2.45) is 0 Å². The fourth-order valence-corrected chi connectivity index (χ4v) is 3.01. The van der Waals surface area contributed by atoms with Crippen LogP contribution in [0.2, 0.25) is 5.02 Å². The quantitative estimate of drug-likeness (QED) is 0.733. The van der Waals surface area contributed by atoms with Crippen LogP contribution in [0.3, 0.4) is 0 Å². The maximum absolute atomic E-state index is 13.3. The van der Waals surface area contributed by atoms with E-state index in [0.717, 1.165) is 10.0 Å². The Balaban J connectivity index is 2.22. The van der Waals surface area contributed by atoms with E-state index in [1.807, 2.05) is 12.1 Å². The zero-order valence-corrected chi connectivity index (χ0v) is 13.6. The number of halogens is 4. The Bertz CT molecular complexity index is 584. The van der Waals surface area contributed by atoms with Crippen LogP contribution in [0.25, 0.3) is 0 Å². The van der Waals surface area contributed by atoms with Crippen LogP contribution in [0.5, 0.6) is 0 Å². The Morgan fingerprint density at radius 1 is 1.11 bits per heavy atom. The Morgan fingerprint density at radius 2 is 1.84 bits per heavy atom. The van der Waals surface area contributed by atoms with Gasteiger partial charge in [0.1, 0.15) is 5.82 Å². The van der Waals surface area contributed by atoms with Crippen molar-refractivity contribution < 1.29 is 9.50 Å². The number of rotatable bonds is 3. The molecular formula is C14H10Br2ClFO. The van der Waals surface area contributed by atoms with E-state index in [1.165, 1.54) is 12.1 Å². The molecule has 1 unspecified atom stereocenters. The molecular weight excluding hydrogens is 398 g/mol. The summed E-state index contributed by atoms with van der Waals surface area (Å²) in [6, 6.07) is 9.83. The normalized spacial score (nSPS) is 12.5. The van der Waals surface area contributed by atoms with Gasteiger partial charge < -0.3 is 5.11 Å². The highest BCUT2D eigenvalue weighted by Crippen LogP contribution is 2.28. The van der Waals surface area contributed by atoms with Crippen molar-refractivity contribution in [2.75, 3.05) is 0 Å². The monoisotopic (exact) mass is 406 g/mol. The van der Waals surface area contributed by atoms with Crippen LogP contribution in [0.1, 0.15) is 17.2 Å². The van der Waals surface area contributed by atoms with Crippen molar-refractivity contribution in [3.63, 3.8) is 0 Å². The molecule has 1 atom stereocenters. The van der Waals surface area contributed by atoms with Crippen molar-refractivity contribution in [1.29, 1.82) is 0 Å². The molecule has 0 aliphatic carbocycles. The minimum atomic E-state index is -0.800. The van der Waals surface area contributed by atoms with Gasteiger partial charge in [-0.25, -0.2) is 4.39 Å². The molecule has 19 heavy (non-hydrogen) atoms. The zero-order chi connectivity index (χ0) is 14.0. The van der Waals surface area contributed by atoms with Crippen molar-refractivity contribution in [3.05, 3.63) is 67.3 Å². The Labute approximate surface area is 132 Å². The van der Waals surface area contributed by atoms with Crippen LogP contribution in [0.15, 0.2) is 45.3 Å². The molecule has 0 bridgehead atoms. The molecule has 1 N–H and O–H groups in total. The second kappa shape index (κ2) is 6.35. The maximum Gasteiger partial charge on any atom is 0.124 e. The third-order valence-corrected chi connectivity index (χ3v) is 4.00. The molecule has 0 aliphatic rings. The number of hydrogen-bond donors (Lipinski definition) is 1. The summed E-state index contributed by atoms with van der Waals surface area (Å²) >= 11 is 12.6. The number of aliphatic hydroxyl groups excluding tert-OH is 1. The Morgan fingerprint density at radius 3 is 2.47 bits per heavy atom. The average Bonchev–Trinajstić information content (AvgIpc) is 2.31. The highest BCUT2D eigenvalue weighted by molar-refractivity contribution is 9.10. The summed E-state index contributed by atoms with van der Waals surface area (Å²) in [4.78, 5) is 0. The van der Waals surface area contributed by atoms with E-state index in [9.17, 15) is 9.50 Å². The summed E-state index contributed by atoms with van der Waals surface area (Å²) in [7, 11) is 0. The smallest absolute Gasteiger partial charge is 0.124 e. The van der Waals surface area contributed by atoms with Gasteiger partial charge in [-0.3, -0.25) is 0 Å². The summed E-state index contributed by atoms with van der Waals surface area (Å²) in [6.07, 6.45) is -0.465. The second-order valence-corrected chi connectivity index (χ2v) is 6.40. The first kappa shape index (κ1) is 15.0. The summed E-state index contributed by atoms with van der Waals surface area (Å²) in [5.74, 6) is -0.384. The predicted molar refractivity (Wildman–Crippen MR) is 81.9 cm³/mol. The van der Waals surface area contributed by atoms with Gasteiger partial charge in [-0.2, -0.15) is 0 Å². The van der Waals surface area contributed by atoms with Gasteiger partial charge in [0, 0.05) is 20.4 Å². The van der Waals surface area contributed by atoms with E-state index in [1.54, 1.807) is 12.1 Å². The third-order valence-electron chi connectivity index (χ3n) is 2.70. The first-order valence-corrected chi connectivity index (χ1v) is 7.50. The molecule has 2 aromatic rings. The fraction of sp³-hybridized carbons (Fsp3) is 0.143. The molecule has 0 aliphatic heterocycles. The van der Waals surface area contributed by atoms with E-state index in [-0.39, 0.29) is 5.82 Å². The molecule has 0 saturated carbocycles. The summed E-state index contributed by atoms with van der Waals surface area (Å²) < 4.78 is 14.8. The molecule has 0 spiro atoms. The highest BCUT2D eigenvalue weighted by Gasteiger charge is 2.13. The predicted octanol–water partition coefficient (Wildman–Crippen LogP) is 5.28. The molecule has 0 heterocycles. The van der Waals surface area contributed by atoms with Gasteiger partial charge in [0.2, 0.25) is 0 Å². The second-order valence-electron chi connectivity index (χ2n) is 4.16. The summed E-state index contributed by atoms with van der Waals surface area (Å²) in [6.45, 7) is 0. The van der Waals surface area contributed by atoms with Gasteiger partial charge in [-0.05, 0) is 41.5 Å². The Kier molecular flexibility index (Phi) is 5.01. The standard InChI is InChI=1S/C14H10Br2ClFO/c15-10-2-1-8(13(17)7-10)5-14(19)9-3-11(16)6-12(18)4-9/h1-4,6-7,14,19H,5H2. The van der Waals surface area contributed by atoms with Crippen molar-refractivity contribution in [3.8, 4) is 0 Å². The molecule has 5 heteroatoms. The minimum Gasteiger partial charge on any atom is -0.388 e. The lowest BCUT2D eigenvalue weighted by Crippen LogP contribution is -2.03. The average molecular weight is 408 g/mol. The molecule has 2 rings (SSSR count). The summed E-state index contributed by atoms with van der Waals surface area (Å²) in [5, 5.41) is 10.7. The van der Waals surface area contributed by atoms with Gasteiger partial charge in [0.05, 0.1) is 6.10 Å². The van der Waals surface area contributed by atoms with Gasteiger partial charge in [0.25, 0.3) is 0 Å². The number of hydrogen-bond acceptors (Lipinski definition) is 1. The minimum absolute atomic E-state index is 0.335. The summed E-state index contributed by atoms with van der Waals surface area (Å²) in [5.41, 5.74) is 1.34. The highest BCUT2D eigenvalue weighted by atomic mass is 79.9. The molecule has 1 nitrogen and oxygen atoms in total. The van der Waals surface area contributed by atoms with Crippen LogP contribution in [-0.4, -0.2) is 5.11 Å². The molecule has 100 valence electrons. The number of aliphatic hydroxyl groups is 1. The molecule has 0 aromatic heterocycles. The van der Waals surface area contributed by atoms with E-state index >= 15 is 0 Å². The lowest BCUT2D eigenvalue weighted by atomic mass is 10.0. The fourth-order valence-electron chi connectivity index (χ4n) is 1.78. The lowest BCUT2D eigenvalue weighted by Gasteiger charge is -2.13. The van der Waals surface area contributed by atoms with Crippen molar-refractivity contribution in [2.45, 2.75) is 12.5 Å². The topological polar surface area (TPSA) is 20.2 Å². The molecule has 0 fully saturated rings. The van der Waals surface area contributed by atoms with Crippen LogP contribution in [-0.2, 0) is 6.42 Å². The van der Waals surface area contributed by atoms with Crippen molar-refractivity contribution >= 4 is 43.5 Å². The van der Waals surface area contributed by atoms with E-state index in [0.29, 0.717) is 21.5 Å². The lowest BCUT2D eigenvalue weighted by molar-refractivity contribution is 0.178. The SMILES string of the molecule is OC(Cc1ccc(Br)cc1Cl)c1cc(F)cc(Br)c1. The first-order valence-electron chi connectivity index (χ1n) is 5.53. The third kappa shape index (κ3) is 4.02. The van der Waals surface area contributed by atoms with Crippen LogP contribution in [0, 0.1) is 5.82 Å². The van der Waals surface area contributed by atoms with Crippen LogP contribution in [0.4, 0.5) is 4.39 Å². The van der Waals surface area contributed by atoms with Crippen LogP contribution < -0.4 is 0 Å². The van der Waals surface area contributed by atoms with Gasteiger partial charge in [-0.1, -0.05) is 49.5 Å². The molecule has 2 aromatic carbocycles. The van der Waals surface area contributed by atoms with E-state index in [2.05, 4.69) is 31.9 Å². The molecule has 0 amide bonds. The zero-order valence-electron chi connectivity index (χ0n) is 9.71. The van der Waals surface area contributed by atoms with Gasteiger partial charge >= 0.3 is 0 Å². The maximum atomic E-state index is 13.3. The van der Waals surface area contributed by atoms with E-state index in [4.69, 9.17) is 11.6 Å². The molecule has 0 saturated heterocycles. The van der Waals surface area contributed by atoms with Crippen molar-refractivity contribution in [1.82, 2.24) is 0 Å². The number of benzene rings is 2. The Hall–Kier alpha value is -0.420. The van der Waals surface area contributed by atoms with E-state index < -0.39 is 6.10 Å². The van der Waals surface area contributed by atoms with Gasteiger partial charge in [-0.15, -0.1) is 0 Å². The largest absolute Gasteiger partial charge is 0.388 e. The van der Waals surface area contributed by atoms with Crippen LogP contribution >= 0.6 is 43.5 Å². The first-order chi connectivity index (χ1) is 8.95. The molecule has 0 radical (unpaired) electrons. The van der Waals surface area contributed by atoms with Gasteiger partial charge in [0.15, 0.2) is 0 Å².